The van der Waals surface area contributed by atoms with E-state index in [1.807, 2.05) is 26.0 Å². The molecular formula is C16H26O2S. The molecule has 0 fully saturated rings. The van der Waals surface area contributed by atoms with Crippen LogP contribution in [0.5, 0.6) is 5.75 Å². The van der Waals surface area contributed by atoms with Gasteiger partial charge in [-0.25, -0.2) is 0 Å². The second-order valence-corrected chi connectivity index (χ2v) is 7.42. The molecule has 2 nitrogen and oxygen atoms in total. The Morgan fingerprint density at radius 1 is 1.16 bits per heavy atom. The van der Waals surface area contributed by atoms with Crippen molar-refractivity contribution in [2.45, 2.75) is 51.4 Å². The lowest BCUT2D eigenvalue weighted by Crippen LogP contribution is -2.17. The molecule has 2 unspecified atom stereocenters. The largest absolute Gasteiger partial charge is 0.493 e. The van der Waals surface area contributed by atoms with E-state index in [0.717, 1.165) is 11.5 Å². The third-order valence-corrected chi connectivity index (χ3v) is 4.45. The number of hydrogen-bond donors (Lipinski definition) is 1. The summed E-state index contributed by atoms with van der Waals surface area (Å²) in [6.07, 6.45) is -0.268. The number of benzene rings is 1. The first-order valence-corrected chi connectivity index (χ1v) is 7.88. The molecule has 1 rings (SSSR count). The van der Waals surface area contributed by atoms with Crippen LogP contribution in [0.4, 0.5) is 0 Å². The molecule has 0 radical (unpaired) electrons. The standard InChI is InChI=1S/C16H26O2S/c1-12(17)13(2)19-11-10-18-15-8-6-14(7-9-15)16(3,4)5/h6-9,12-13,17H,10-11H2,1-5H3. The molecule has 0 aromatic heterocycles. The van der Waals surface area contributed by atoms with E-state index in [2.05, 4.69) is 32.9 Å². The van der Waals surface area contributed by atoms with E-state index in [1.165, 1.54) is 5.56 Å². The van der Waals surface area contributed by atoms with Gasteiger partial charge >= 0.3 is 0 Å². The lowest BCUT2D eigenvalue weighted by molar-refractivity contribution is 0.196. The van der Waals surface area contributed by atoms with Crippen molar-refractivity contribution in [3.63, 3.8) is 0 Å². The van der Waals surface area contributed by atoms with Gasteiger partial charge in [0, 0.05) is 11.0 Å². The van der Waals surface area contributed by atoms with Crippen LogP contribution in [0.1, 0.15) is 40.2 Å². The van der Waals surface area contributed by atoms with Crippen molar-refractivity contribution < 1.29 is 9.84 Å². The summed E-state index contributed by atoms with van der Waals surface area (Å²) in [4.78, 5) is 0. The molecule has 1 aromatic carbocycles. The highest BCUT2D eigenvalue weighted by Crippen LogP contribution is 2.24. The predicted octanol–water partition coefficient (Wildman–Crippen LogP) is 3.87. The Morgan fingerprint density at radius 3 is 2.21 bits per heavy atom. The highest BCUT2D eigenvalue weighted by molar-refractivity contribution is 7.99. The van der Waals surface area contributed by atoms with E-state index < -0.39 is 0 Å². The number of rotatable bonds is 6. The van der Waals surface area contributed by atoms with Gasteiger partial charge in [-0.15, -0.1) is 0 Å². The molecule has 0 saturated carbocycles. The fourth-order valence-electron chi connectivity index (χ4n) is 1.58. The Bertz CT molecular complexity index is 365. The molecule has 1 aromatic rings. The quantitative estimate of drug-likeness (QED) is 0.803. The van der Waals surface area contributed by atoms with Crippen LogP contribution in [0.25, 0.3) is 0 Å². The van der Waals surface area contributed by atoms with E-state index in [4.69, 9.17) is 4.74 Å². The Hall–Kier alpha value is -0.670. The molecule has 19 heavy (non-hydrogen) atoms. The van der Waals surface area contributed by atoms with Gasteiger partial charge in [-0.3, -0.25) is 0 Å². The molecule has 0 aliphatic heterocycles. The second kappa shape index (κ2) is 7.20. The lowest BCUT2D eigenvalue weighted by atomic mass is 9.87. The van der Waals surface area contributed by atoms with E-state index in [-0.39, 0.29) is 16.8 Å². The van der Waals surface area contributed by atoms with Gasteiger partial charge in [-0.05, 0) is 30.0 Å². The van der Waals surface area contributed by atoms with Crippen molar-refractivity contribution in [1.29, 1.82) is 0 Å². The predicted molar refractivity (Wildman–Crippen MR) is 84.2 cm³/mol. The summed E-state index contributed by atoms with van der Waals surface area (Å²) >= 11 is 1.74. The molecule has 0 heterocycles. The van der Waals surface area contributed by atoms with Gasteiger partial charge < -0.3 is 9.84 Å². The van der Waals surface area contributed by atoms with Gasteiger partial charge in [0.25, 0.3) is 0 Å². The molecule has 108 valence electrons. The van der Waals surface area contributed by atoms with Crippen molar-refractivity contribution in [3.8, 4) is 5.75 Å². The normalized spacial score (nSPS) is 15.1. The fraction of sp³-hybridized carbons (Fsp3) is 0.625. The van der Waals surface area contributed by atoms with E-state index in [9.17, 15) is 5.11 Å². The zero-order valence-electron chi connectivity index (χ0n) is 12.6. The summed E-state index contributed by atoms with van der Waals surface area (Å²) in [5.74, 6) is 1.81. The Morgan fingerprint density at radius 2 is 1.74 bits per heavy atom. The summed E-state index contributed by atoms with van der Waals surface area (Å²) in [5, 5.41) is 9.64. The number of aliphatic hydroxyl groups is 1. The van der Waals surface area contributed by atoms with Crippen LogP contribution in [0, 0.1) is 0 Å². The molecule has 3 heteroatoms. The number of hydrogen-bond acceptors (Lipinski definition) is 3. The van der Waals surface area contributed by atoms with Crippen LogP contribution in [-0.4, -0.2) is 28.8 Å². The highest BCUT2D eigenvalue weighted by Gasteiger charge is 2.13. The summed E-state index contributed by atoms with van der Waals surface area (Å²) in [5.41, 5.74) is 1.50. The topological polar surface area (TPSA) is 29.5 Å². The minimum atomic E-state index is -0.268. The highest BCUT2D eigenvalue weighted by atomic mass is 32.2. The lowest BCUT2D eigenvalue weighted by Gasteiger charge is -2.19. The monoisotopic (exact) mass is 282 g/mol. The second-order valence-electron chi connectivity index (χ2n) is 5.94. The SMILES string of the molecule is CC(O)C(C)SCCOc1ccc(C(C)(C)C)cc1. The zero-order chi connectivity index (χ0) is 14.5. The Labute approximate surface area is 121 Å². The summed E-state index contributed by atoms with van der Waals surface area (Å²) in [6, 6.07) is 8.31. The molecule has 0 saturated heterocycles. The molecule has 0 aliphatic rings. The molecule has 0 amide bonds. The van der Waals surface area contributed by atoms with Gasteiger partial charge in [-0.1, -0.05) is 39.8 Å². The minimum absolute atomic E-state index is 0.182. The Kier molecular flexibility index (Phi) is 6.21. The average Bonchev–Trinajstić information content (AvgIpc) is 2.33. The van der Waals surface area contributed by atoms with Crippen LogP contribution in [0.3, 0.4) is 0 Å². The fourth-order valence-corrected chi connectivity index (χ4v) is 2.41. The van der Waals surface area contributed by atoms with Crippen molar-refractivity contribution in [2.75, 3.05) is 12.4 Å². The van der Waals surface area contributed by atoms with Gasteiger partial charge in [0.2, 0.25) is 0 Å². The first-order valence-electron chi connectivity index (χ1n) is 6.83. The maximum absolute atomic E-state index is 9.38. The van der Waals surface area contributed by atoms with Gasteiger partial charge in [0.1, 0.15) is 5.75 Å². The average molecular weight is 282 g/mol. The van der Waals surface area contributed by atoms with Crippen LogP contribution < -0.4 is 4.74 Å². The molecular weight excluding hydrogens is 256 g/mol. The van der Waals surface area contributed by atoms with Crippen molar-refractivity contribution in [2.24, 2.45) is 0 Å². The first kappa shape index (κ1) is 16.4. The smallest absolute Gasteiger partial charge is 0.119 e. The molecule has 0 bridgehead atoms. The minimum Gasteiger partial charge on any atom is -0.493 e. The number of ether oxygens (including phenoxy) is 1. The van der Waals surface area contributed by atoms with Gasteiger partial charge in [-0.2, -0.15) is 11.8 Å². The Balaban J connectivity index is 2.35. The zero-order valence-corrected chi connectivity index (χ0v) is 13.5. The first-order chi connectivity index (χ1) is 8.80. The third-order valence-electron chi connectivity index (χ3n) is 3.13. The number of aliphatic hydroxyl groups excluding tert-OH is 1. The number of thioether (sulfide) groups is 1. The van der Waals surface area contributed by atoms with Crippen molar-refractivity contribution in [1.82, 2.24) is 0 Å². The molecule has 2 atom stereocenters. The molecule has 0 aliphatic carbocycles. The van der Waals surface area contributed by atoms with Crippen LogP contribution in [0.15, 0.2) is 24.3 Å². The van der Waals surface area contributed by atoms with Crippen LogP contribution in [-0.2, 0) is 5.41 Å². The maximum atomic E-state index is 9.38. The van der Waals surface area contributed by atoms with Crippen molar-refractivity contribution in [3.05, 3.63) is 29.8 Å². The summed E-state index contributed by atoms with van der Waals surface area (Å²) in [6.45, 7) is 11.2. The van der Waals surface area contributed by atoms with Crippen molar-refractivity contribution >= 4 is 11.8 Å². The summed E-state index contributed by atoms with van der Waals surface area (Å²) in [7, 11) is 0. The van der Waals surface area contributed by atoms with E-state index in [1.54, 1.807) is 11.8 Å². The van der Waals surface area contributed by atoms with Crippen LogP contribution >= 0.6 is 11.8 Å². The maximum Gasteiger partial charge on any atom is 0.119 e. The van der Waals surface area contributed by atoms with Gasteiger partial charge in [0.05, 0.1) is 12.7 Å². The van der Waals surface area contributed by atoms with Gasteiger partial charge in [0.15, 0.2) is 0 Å². The molecule has 0 spiro atoms. The van der Waals surface area contributed by atoms with E-state index in [0.29, 0.717) is 6.61 Å². The third kappa shape index (κ3) is 5.87. The van der Waals surface area contributed by atoms with Crippen LogP contribution in [0.2, 0.25) is 0 Å². The van der Waals surface area contributed by atoms with E-state index >= 15 is 0 Å². The molecule has 1 N–H and O–H groups in total. The summed E-state index contributed by atoms with van der Waals surface area (Å²) < 4.78 is 5.70.